The van der Waals surface area contributed by atoms with Gasteiger partial charge in [-0.15, -0.1) is 0 Å². The average molecular weight is 1780 g/mol. The molecule has 4 N–H and O–H groups in total. The van der Waals surface area contributed by atoms with Crippen LogP contribution in [-0.4, -0.2) is 107 Å². The van der Waals surface area contributed by atoms with E-state index in [-0.39, 0.29) is 47.0 Å². The Morgan fingerprint density at radius 2 is 0.485 bits per heavy atom. The topological polar surface area (TPSA) is 325 Å². The van der Waals surface area contributed by atoms with Crippen LogP contribution in [0.1, 0.15) is 27.7 Å². The summed E-state index contributed by atoms with van der Waals surface area (Å²) in [5.74, 6) is 3.55. The van der Waals surface area contributed by atoms with Crippen LogP contribution in [0.4, 0.5) is 0 Å². The molecule has 0 aliphatic heterocycles. The summed E-state index contributed by atoms with van der Waals surface area (Å²) >= 11 is 0. The van der Waals surface area contributed by atoms with Gasteiger partial charge in [-0.25, -0.2) is 19.9 Å². The van der Waals surface area contributed by atoms with E-state index in [1.807, 2.05) is 185 Å². The Morgan fingerprint density at radius 1 is 0.191 bits per heavy atom. The number of para-hydroxylation sites is 5. The molecule has 0 aliphatic carbocycles. The lowest BCUT2D eigenvalue weighted by Crippen LogP contribution is -2.03. The summed E-state index contributed by atoms with van der Waals surface area (Å²) in [7, 11) is 0. The number of hydrogen-bond acceptors (Lipinski definition) is 24. The van der Waals surface area contributed by atoms with Gasteiger partial charge < -0.3 is 57.0 Å². The molecule has 0 saturated carbocycles. The van der Waals surface area contributed by atoms with E-state index in [0.717, 1.165) is 158 Å². The number of fused-ring (bicyclic) bond motifs is 21. The molecule has 24 nitrogen and oxygen atoms in total. The number of aromatic nitrogens is 12. The van der Waals surface area contributed by atoms with Gasteiger partial charge in [-0.3, -0.25) is 0 Å². The number of phenolic OH excluding ortho intramolecular Hbond substituents is 4. The Bertz CT molecular complexity index is 9010. The molecule has 0 aliphatic rings. The molecule has 17 aromatic carbocycles. The zero-order valence-electron chi connectivity index (χ0n) is 73.4. The summed E-state index contributed by atoms with van der Waals surface area (Å²) in [5, 5.41) is 60.9. The third-order valence-electron chi connectivity index (χ3n) is 23.6. The van der Waals surface area contributed by atoms with Crippen LogP contribution in [-0.2, 0) is 0 Å². The molecule has 0 atom stereocenters. The first-order valence-corrected chi connectivity index (χ1v) is 44.3. The van der Waals surface area contributed by atoms with Crippen LogP contribution in [0.2, 0.25) is 0 Å². The monoisotopic (exact) mass is 1780 g/mol. The van der Waals surface area contributed by atoms with Crippen molar-refractivity contribution in [3.05, 3.63) is 328 Å². The second-order valence-electron chi connectivity index (χ2n) is 31.9. The third-order valence-corrected chi connectivity index (χ3v) is 23.6. The normalized spacial score (nSPS) is 11.5. The first kappa shape index (κ1) is 83.3. The van der Waals surface area contributed by atoms with Crippen molar-refractivity contribution in [1.29, 1.82) is 0 Å². The Labute approximate surface area is 773 Å². The fourth-order valence-corrected chi connectivity index (χ4v) is 17.5. The van der Waals surface area contributed by atoms with Crippen LogP contribution < -0.4 is 18.9 Å². The van der Waals surface area contributed by atoms with Gasteiger partial charge in [0.2, 0.25) is 0 Å². The Kier molecular flexibility index (Phi) is 21.8. The quantitative estimate of drug-likeness (QED) is 0.0698. The van der Waals surface area contributed by atoms with Crippen molar-refractivity contribution in [2.45, 2.75) is 27.7 Å². The predicted molar refractivity (Wildman–Crippen MR) is 531 cm³/mol. The third kappa shape index (κ3) is 15.7. The van der Waals surface area contributed by atoms with Gasteiger partial charge in [0.05, 0.1) is 48.7 Å². The highest BCUT2D eigenvalue weighted by Crippen LogP contribution is 2.46. The summed E-state index contributed by atoms with van der Waals surface area (Å²) < 4.78 is 47.4. The highest BCUT2D eigenvalue weighted by atomic mass is 16.5. The van der Waals surface area contributed by atoms with E-state index in [1.165, 1.54) is 5.39 Å². The number of hydrogen-bond donors (Lipinski definition) is 4. The molecule has 0 amide bonds. The number of nitrogens with zero attached hydrogens (tertiary/aromatic N) is 12. The second-order valence-corrected chi connectivity index (χ2v) is 31.9. The fourth-order valence-electron chi connectivity index (χ4n) is 17.5. The Hall–Kier alpha value is -18.3. The van der Waals surface area contributed by atoms with Gasteiger partial charge in [0.15, 0.2) is 46.6 Å². The summed E-state index contributed by atoms with van der Waals surface area (Å²) in [6.07, 6.45) is 0. The number of phenols is 4. The molecule has 136 heavy (non-hydrogen) atoms. The standard InChI is InChI=1S/C31H21N3O3.3C27H19N3O3/c1-2-36-31-33-29(22-13-7-8-14-24(22)35)32-30(34-31)23-17-26-28(21-12-6-5-11-20(21)23)27-19-10-4-3-9-18(19)15-16-25(27)37-26;1-2-32-27-29-25(18-11-5-7-13-21(18)31)28-26(30-27)20-15-23-24(17-10-4-3-9-16(17)20)19-12-6-8-14-22(19)33-23;1-2-32-27-29-25(28-26(30-27)19-9-5-6-10-21(19)31)17-11-13-20-23(15-17)33-22-14-12-16-7-3-4-8-18(16)24(20)22;1-2-32-27-29-25(28-26(30-27)19-9-5-6-10-22(19)31)18-11-12-23-20(14-18)21-13-16-7-3-4-8-17(16)15-24(21)33-23/h3-17,35H,2H2,1H3;3*3-15,31H,2H2,1H3. The van der Waals surface area contributed by atoms with Crippen LogP contribution in [0, 0.1) is 0 Å². The number of furan rings is 4. The number of rotatable bonds is 16. The molecule has 8 heterocycles. The van der Waals surface area contributed by atoms with Gasteiger partial charge in [-0.1, -0.05) is 206 Å². The highest BCUT2D eigenvalue weighted by Gasteiger charge is 2.26. The fraction of sp³-hybridized carbons (Fsp3) is 0.0714. The van der Waals surface area contributed by atoms with Gasteiger partial charge >= 0.3 is 24.0 Å². The van der Waals surface area contributed by atoms with Crippen LogP contribution in [0.15, 0.2) is 345 Å². The van der Waals surface area contributed by atoms with Crippen LogP contribution >= 0.6 is 0 Å². The Morgan fingerprint density at radius 3 is 0.971 bits per heavy atom. The van der Waals surface area contributed by atoms with Gasteiger partial charge in [0.25, 0.3) is 0 Å². The minimum absolute atomic E-state index is 0.0894. The summed E-state index contributed by atoms with van der Waals surface area (Å²) in [4.78, 5) is 54.7. The van der Waals surface area contributed by atoms with E-state index in [0.29, 0.717) is 95.3 Å². The van der Waals surface area contributed by atoms with Gasteiger partial charge in [-0.2, -0.15) is 39.9 Å². The lowest BCUT2D eigenvalue weighted by atomic mass is 9.96. The minimum atomic E-state index is 0.0894. The molecule has 0 fully saturated rings. The van der Waals surface area contributed by atoms with Gasteiger partial charge in [0, 0.05) is 65.3 Å². The molecule has 8 aromatic heterocycles. The predicted octanol–water partition coefficient (Wildman–Crippen LogP) is 26.6. The zero-order chi connectivity index (χ0) is 92.0. The molecule has 25 rings (SSSR count). The zero-order valence-corrected chi connectivity index (χ0v) is 73.4. The van der Waals surface area contributed by atoms with Crippen molar-refractivity contribution in [3.63, 3.8) is 0 Å². The van der Waals surface area contributed by atoms with E-state index < -0.39 is 0 Å². The summed E-state index contributed by atoms with van der Waals surface area (Å²) in [5.41, 5.74) is 11.6. The first-order valence-electron chi connectivity index (χ1n) is 44.3. The average Bonchev–Trinajstić information content (AvgIpc) is 1.56. The van der Waals surface area contributed by atoms with E-state index in [9.17, 15) is 20.4 Å². The van der Waals surface area contributed by atoms with Crippen molar-refractivity contribution in [2.24, 2.45) is 0 Å². The molecular formula is C112H78N12O12. The smallest absolute Gasteiger partial charge is 0.320 e. The molecule has 0 radical (unpaired) electrons. The van der Waals surface area contributed by atoms with E-state index in [2.05, 4.69) is 147 Å². The molecule has 0 bridgehead atoms. The molecular weight excluding hydrogens is 1710 g/mol. The van der Waals surface area contributed by atoms with Crippen molar-refractivity contribution in [3.8, 4) is 138 Å². The van der Waals surface area contributed by atoms with E-state index >= 15 is 0 Å². The molecule has 0 unspecified atom stereocenters. The van der Waals surface area contributed by atoms with E-state index in [4.69, 9.17) is 46.6 Å². The largest absolute Gasteiger partial charge is 0.507 e. The molecule has 25 aromatic rings. The van der Waals surface area contributed by atoms with Crippen LogP contribution in [0.3, 0.4) is 0 Å². The number of benzene rings is 17. The molecule has 658 valence electrons. The maximum atomic E-state index is 10.5. The van der Waals surface area contributed by atoms with Crippen molar-refractivity contribution < 1.29 is 57.0 Å². The Balaban J connectivity index is 0.000000105. The molecule has 0 spiro atoms. The number of aromatic hydroxyl groups is 4. The highest BCUT2D eigenvalue weighted by molar-refractivity contribution is 6.28. The maximum Gasteiger partial charge on any atom is 0.320 e. The number of ether oxygens (including phenoxy) is 4. The SMILES string of the molecule is CCOc1nc(-c2ccc3c(c2)oc2ccc4ccccc4c23)nc(-c2ccccc2O)n1.CCOc1nc(-c2ccc3oc4cc5ccccc5cc4c3c2)nc(-c2ccccc2O)n1.CCOc1nc(-c2ccccc2O)nc(-c2cc3oc4ccc5ccccc5c4c3c3ccccc23)n1.CCOc1nc(-c2ccccc2O)nc(-c2cc3oc4ccccc4c3c3ccccc23)n1. The molecule has 0 saturated heterocycles. The van der Waals surface area contributed by atoms with Gasteiger partial charge in [0.1, 0.15) is 67.7 Å². The summed E-state index contributed by atoms with van der Waals surface area (Å²) in [6, 6.07) is 106. The van der Waals surface area contributed by atoms with Crippen molar-refractivity contribution in [1.82, 2.24) is 59.8 Å². The summed E-state index contributed by atoms with van der Waals surface area (Å²) in [6.45, 7) is 9.14. The van der Waals surface area contributed by atoms with Crippen molar-refractivity contribution >= 4 is 142 Å². The van der Waals surface area contributed by atoms with E-state index in [1.54, 1.807) is 72.8 Å². The van der Waals surface area contributed by atoms with Gasteiger partial charge in [-0.05, 0) is 203 Å². The minimum Gasteiger partial charge on any atom is -0.507 e. The van der Waals surface area contributed by atoms with Crippen LogP contribution in [0.5, 0.6) is 47.0 Å². The lowest BCUT2D eigenvalue weighted by Gasteiger charge is -2.11. The maximum absolute atomic E-state index is 10.5. The first-order chi connectivity index (χ1) is 66.8. The van der Waals surface area contributed by atoms with Crippen LogP contribution in [0.25, 0.3) is 233 Å². The molecule has 24 heteroatoms. The second kappa shape index (κ2) is 35.5. The lowest BCUT2D eigenvalue weighted by molar-refractivity contribution is 0.312. The van der Waals surface area contributed by atoms with Crippen molar-refractivity contribution in [2.75, 3.05) is 26.4 Å².